The van der Waals surface area contributed by atoms with Crippen LogP contribution in [0.2, 0.25) is 0 Å². The van der Waals surface area contributed by atoms with Crippen LogP contribution in [0.1, 0.15) is 81.6 Å². The molecule has 3 unspecified atom stereocenters. The van der Waals surface area contributed by atoms with Crippen molar-refractivity contribution >= 4 is 12.2 Å². The molecule has 3 aliphatic carbocycles. The zero-order valence-corrected chi connectivity index (χ0v) is 17.9. The first-order valence-corrected chi connectivity index (χ1v) is 9.59. The lowest BCUT2D eigenvalue weighted by molar-refractivity contribution is -0.170. The minimum Gasteiger partial charge on any atom is -0.443 e. The molecule has 0 radical (unpaired) electrons. The zero-order valence-electron chi connectivity index (χ0n) is 17.9. The van der Waals surface area contributed by atoms with E-state index in [1.54, 1.807) is 20.8 Å². The number of nitrogens with zero attached hydrogens (tertiary/aromatic N) is 1. The summed E-state index contributed by atoms with van der Waals surface area (Å²) in [5.41, 5.74) is 1.05. The lowest BCUT2D eigenvalue weighted by atomic mass is 9.43. The number of hydrazine groups is 1. The Kier molecular flexibility index (Phi) is 5.06. The fourth-order valence-corrected chi connectivity index (χ4v) is 4.55. The Bertz CT molecular complexity index is 571. The first-order valence-electron chi connectivity index (χ1n) is 9.59. The van der Waals surface area contributed by atoms with Crippen LogP contribution >= 0.6 is 0 Å². The summed E-state index contributed by atoms with van der Waals surface area (Å²) >= 11 is 0. The van der Waals surface area contributed by atoms with Gasteiger partial charge in [-0.2, -0.15) is 0 Å². The predicted octanol–water partition coefficient (Wildman–Crippen LogP) is 4.88. The summed E-state index contributed by atoms with van der Waals surface area (Å²) in [6.45, 7) is 17.4. The monoisotopic (exact) mass is 368 g/mol. The van der Waals surface area contributed by atoms with Crippen molar-refractivity contribution in [1.82, 2.24) is 10.4 Å². The molecule has 6 heteroatoms. The first kappa shape index (κ1) is 20.8. The van der Waals surface area contributed by atoms with Crippen LogP contribution in [-0.2, 0) is 9.47 Å². The number of nitrogens with one attached hydrogen (secondary N) is 1. The van der Waals surface area contributed by atoms with Crippen LogP contribution in [0, 0.1) is 17.3 Å². The van der Waals surface area contributed by atoms with Crippen LogP contribution in [0.4, 0.5) is 9.59 Å². The number of amides is 2. The Labute approximate surface area is 157 Å². The molecule has 26 heavy (non-hydrogen) atoms. The zero-order chi connectivity index (χ0) is 20.1. The van der Waals surface area contributed by atoms with Crippen LogP contribution in [0.3, 0.4) is 0 Å². The third kappa shape index (κ3) is 4.09. The number of carbonyl (C=O) groups is 2. The highest BCUT2D eigenvalue weighted by molar-refractivity contribution is 5.75. The highest BCUT2D eigenvalue weighted by Crippen LogP contribution is 2.64. The molecule has 3 saturated carbocycles. The summed E-state index contributed by atoms with van der Waals surface area (Å²) in [4.78, 5) is 25.4. The molecule has 3 atom stereocenters. The molecule has 0 heterocycles. The number of ether oxygens (including phenoxy) is 2. The normalized spacial score (nSPS) is 30.0. The second kappa shape index (κ2) is 6.31. The Hall–Kier alpha value is -1.46. The van der Waals surface area contributed by atoms with Gasteiger partial charge in [0.25, 0.3) is 0 Å². The molecule has 0 spiro atoms. The van der Waals surface area contributed by atoms with Gasteiger partial charge in [-0.1, -0.05) is 13.8 Å². The van der Waals surface area contributed by atoms with Gasteiger partial charge in [0, 0.05) is 0 Å². The number of fused-ring (bicyclic) bond motifs is 2. The van der Waals surface area contributed by atoms with E-state index in [0.717, 1.165) is 19.3 Å². The Morgan fingerprint density at radius 2 is 1.54 bits per heavy atom. The van der Waals surface area contributed by atoms with Gasteiger partial charge < -0.3 is 9.47 Å². The Morgan fingerprint density at radius 3 is 1.96 bits per heavy atom. The van der Waals surface area contributed by atoms with Gasteiger partial charge in [0.05, 0.1) is 5.54 Å². The highest BCUT2D eigenvalue weighted by Gasteiger charge is 2.62. The third-order valence-electron chi connectivity index (χ3n) is 5.91. The van der Waals surface area contributed by atoms with Crippen molar-refractivity contribution in [3.63, 3.8) is 0 Å². The van der Waals surface area contributed by atoms with Crippen LogP contribution < -0.4 is 5.43 Å². The minimum atomic E-state index is -0.645. The standard InChI is InChI=1S/C20H36N2O4/c1-17(2,3)25-15(23)21-22(16(24)26-18(4,5)6)20(9)11-10-13-12-14(20)19(13,7)8/h13-14H,10-12H2,1-9H3,(H,21,23). The minimum absolute atomic E-state index is 0.142. The van der Waals surface area contributed by atoms with E-state index in [1.165, 1.54) is 5.01 Å². The van der Waals surface area contributed by atoms with E-state index in [2.05, 4.69) is 26.2 Å². The van der Waals surface area contributed by atoms with E-state index in [1.807, 2.05) is 20.8 Å². The van der Waals surface area contributed by atoms with Gasteiger partial charge in [0.2, 0.25) is 0 Å². The van der Waals surface area contributed by atoms with Crippen LogP contribution in [0.5, 0.6) is 0 Å². The molecule has 2 amide bonds. The summed E-state index contributed by atoms with van der Waals surface area (Å²) in [7, 11) is 0. The average Bonchev–Trinajstić information content (AvgIpc) is 2.40. The smallest absolute Gasteiger partial charge is 0.429 e. The molecule has 3 rings (SSSR count). The molecule has 1 N–H and O–H groups in total. The summed E-state index contributed by atoms with van der Waals surface area (Å²) in [6, 6.07) is 0. The molecular formula is C20H36N2O4. The Morgan fingerprint density at radius 1 is 1.00 bits per heavy atom. The maximum absolute atomic E-state index is 13.0. The van der Waals surface area contributed by atoms with E-state index >= 15 is 0 Å². The van der Waals surface area contributed by atoms with E-state index in [-0.39, 0.29) is 5.41 Å². The van der Waals surface area contributed by atoms with Crippen molar-refractivity contribution in [2.45, 2.75) is 98.3 Å². The van der Waals surface area contributed by atoms with Crippen molar-refractivity contribution in [3.8, 4) is 0 Å². The second-order valence-corrected chi connectivity index (χ2v) is 10.6. The Balaban J connectivity index is 2.28. The molecule has 0 aromatic heterocycles. The molecule has 150 valence electrons. The number of carbonyl (C=O) groups excluding carboxylic acids is 2. The lowest BCUT2D eigenvalue weighted by Crippen LogP contribution is -2.71. The SMILES string of the molecule is CC(C)(C)OC(=O)NN(C(=O)OC(C)(C)C)C1(C)CCC2CC1C2(C)C. The fourth-order valence-electron chi connectivity index (χ4n) is 4.55. The summed E-state index contributed by atoms with van der Waals surface area (Å²) in [6.07, 6.45) is 1.77. The topological polar surface area (TPSA) is 67.9 Å². The van der Waals surface area contributed by atoms with Gasteiger partial charge in [-0.3, -0.25) is 0 Å². The maximum Gasteiger partial charge on any atom is 0.429 e. The van der Waals surface area contributed by atoms with E-state index in [0.29, 0.717) is 11.8 Å². The van der Waals surface area contributed by atoms with E-state index in [9.17, 15) is 9.59 Å². The molecule has 3 aliphatic rings. The summed E-state index contributed by atoms with van der Waals surface area (Å²) in [5, 5.41) is 1.40. The highest BCUT2D eigenvalue weighted by atomic mass is 16.6. The largest absolute Gasteiger partial charge is 0.443 e. The summed E-state index contributed by atoms with van der Waals surface area (Å²) in [5.74, 6) is 0.985. The molecule has 0 aromatic carbocycles. The molecule has 2 bridgehead atoms. The van der Waals surface area contributed by atoms with Gasteiger partial charge in [-0.25, -0.2) is 20.0 Å². The fraction of sp³-hybridized carbons (Fsp3) is 0.900. The number of hydrogen-bond acceptors (Lipinski definition) is 4. The quantitative estimate of drug-likeness (QED) is 0.670. The number of rotatable bonds is 1. The van der Waals surface area contributed by atoms with Crippen LogP contribution in [0.25, 0.3) is 0 Å². The third-order valence-corrected chi connectivity index (χ3v) is 5.91. The molecular weight excluding hydrogens is 332 g/mol. The van der Waals surface area contributed by atoms with Gasteiger partial charge in [0.1, 0.15) is 11.2 Å². The second-order valence-electron chi connectivity index (χ2n) is 10.6. The van der Waals surface area contributed by atoms with Gasteiger partial charge in [-0.05, 0) is 85.0 Å². The molecule has 0 aliphatic heterocycles. The van der Waals surface area contributed by atoms with Crippen LogP contribution in [-0.4, -0.2) is 33.9 Å². The molecule has 6 nitrogen and oxygen atoms in total. The number of hydrogen-bond donors (Lipinski definition) is 1. The van der Waals surface area contributed by atoms with Crippen molar-refractivity contribution in [2.75, 3.05) is 0 Å². The van der Waals surface area contributed by atoms with Crippen molar-refractivity contribution in [1.29, 1.82) is 0 Å². The lowest BCUT2D eigenvalue weighted by Gasteiger charge is -2.65. The summed E-state index contributed by atoms with van der Waals surface area (Å²) < 4.78 is 11.0. The van der Waals surface area contributed by atoms with Crippen LogP contribution in [0.15, 0.2) is 0 Å². The maximum atomic E-state index is 13.0. The van der Waals surface area contributed by atoms with Crippen molar-refractivity contribution < 1.29 is 19.1 Å². The molecule has 3 fully saturated rings. The van der Waals surface area contributed by atoms with Crippen molar-refractivity contribution in [2.24, 2.45) is 17.3 Å². The predicted molar refractivity (Wildman–Crippen MR) is 100 cm³/mol. The van der Waals surface area contributed by atoms with Gasteiger partial charge >= 0.3 is 12.2 Å². The van der Waals surface area contributed by atoms with E-state index < -0.39 is 28.9 Å². The van der Waals surface area contributed by atoms with E-state index in [4.69, 9.17) is 9.47 Å². The van der Waals surface area contributed by atoms with Gasteiger partial charge in [0.15, 0.2) is 0 Å². The first-order chi connectivity index (χ1) is 11.6. The molecule has 0 aromatic rings. The van der Waals surface area contributed by atoms with Gasteiger partial charge in [-0.15, -0.1) is 0 Å². The van der Waals surface area contributed by atoms with Crippen molar-refractivity contribution in [3.05, 3.63) is 0 Å². The molecule has 0 saturated heterocycles. The average molecular weight is 369 g/mol.